The molecule has 0 saturated heterocycles. The highest BCUT2D eigenvalue weighted by Gasteiger charge is 2.10. The lowest BCUT2D eigenvalue weighted by Gasteiger charge is -2.13. The van der Waals surface area contributed by atoms with Crippen LogP contribution < -0.4 is 9.96 Å². The normalized spacial score (nSPS) is 12.5. The minimum atomic E-state index is 0.952. The molecule has 1 heteroatoms. The number of aryl methyl sites for hydroxylation is 1. The monoisotopic (exact) mass is 250 g/mol. The first-order valence-corrected chi connectivity index (χ1v) is 6.77. The van der Waals surface area contributed by atoms with E-state index in [0.717, 1.165) is 12.2 Å². The highest BCUT2D eigenvalue weighted by Crippen LogP contribution is 2.33. The lowest BCUT2D eigenvalue weighted by molar-refractivity contribution is 0.420. The highest BCUT2D eigenvalue weighted by atomic mass is 16.5. The summed E-state index contributed by atoms with van der Waals surface area (Å²) in [6.45, 7) is 4.31. The van der Waals surface area contributed by atoms with Crippen molar-refractivity contribution in [3.63, 3.8) is 0 Å². The van der Waals surface area contributed by atoms with Crippen LogP contribution in [0.25, 0.3) is 27.6 Å². The summed E-state index contributed by atoms with van der Waals surface area (Å²) < 4.78 is 5.50. The molecule has 0 atom stereocenters. The summed E-state index contributed by atoms with van der Waals surface area (Å²) in [4.78, 5) is 0. The minimum Gasteiger partial charge on any atom is -0.496 e. The van der Waals surface area contributed by atoms with E-state index in [-0.39, 0.29) is 0 Å². The van der Waals surface area contributed by atoms with Crippen LogP contribution in [-0.2, 0) is 6.42 Å². The largest absolute Gasteiger partial charge is 0.496 e. The summed E-state index contributed by atoms with van der Waals surface area (Å²) in [5.74, 6) is 0.952. The van der Waals surface area contributed by atoms with Crippen LogP contribution in [-0.4, -0.2) is 7.11 Å². The van der Waals surface area contributed by atoms with Gasteiger partial charge >= 0.3 is 0 Å². The van der Waals surface area contributed by atoms with Crippen molar-refractivity contribution in [3.8, 4) is 5.75 Å². The molecule has 19 heavy (non-hydrogen) atoms. The molecule has 0 unspecified atom stereocenters. The number of hydrogen-bond acceptors (Lipinski definition) is 1. The Bertz CT molecular complexity index is 794. The second-order valence-corrected chi connectivity index (χ2v) is 4.81. The minimum absolute atomic E-state index is 0.952. The maximum Gasteiger partial charge on any atom is 0.126 e. The Morgan fingerprint density at radius 1 is 1.00 bits per heavy atom. The van der Waals surface area contributed by atoms with E-state index < -0.39 is 0 Å². The van der Waals surface area contributed by atoms with Gasteiger partial charge in [0.25, 0.3) is 0 Å². The van der Waals surface area contributed by atoms with Crippen molar-refractivity contribution in [1.82, 2.24) is 0 Å². The van der Waals surface area contributed by atoms with Gasteiger partial charge in [0.05, 0.1) is 7.11 Å². The topological polar surface area (TPSA) is 9.23 Å². The van der Waals surface area contributed by atoms with Gasteiger partial charge in [-0.15, -0.1) is 0 Å². The standard InChI is InChI=1S/C18H18O/c1-4-12-6-7-14-9-11-16(19-3)15-10-8-13(5-2)17(12)18(14)15/h5-11H,4H2,1-3H3/b13-5+. The van der Waals surface area contributed by atoms with Crippen molar-refractivity contribution in [2.24, 2.45) is 0 Å². The third-order valence-corrected chi connectivity index (χ3v) is 3.90. The number of ether oxygens (including phenoxy) is 1. The zero-order chi connectivity index (χ0) is 13.4. The maximum absolute atomic E-state index is 5.50. The van der Waals surface area contributed by atoms with Crippen molar-refractivity contribution >= 4 is 27.6 Å². The molecule has 0 aliphatic rings. The molecular weight excluding hydrogens is 232 g/mol. The van der Waals surface area contributed by atoms with Gasteiger partial charge in [0.15, 0.2) is 0 Å². The predicted octanol–water partition coefficient (Wildman–Crippen LogP) is 4.08. The Hall–Kier alpha value is -2.02. The van der Waals surface area contributed by atoms with Gasteiger partial charge in [0, 0.05) is 10.8 Å². The second-order valence-electron chi connectivity index (χ2n) is 4.81. The van der Waals surface area contributed by atoms with Crippen LogP contribution in [0.3, 0.4) is 0 Å². The van der Waals surface area contributed by atoms with E-state index in [1.807, 2.05) is 0 Å². The molecule has 3 rings (SSSR count). The second kappa shape index (κ2) is 4.58. The van der Waals surface area contributed by atoms with E-state index in [4.69, 9.17) is 4.74 Å². The molecule has 0 amide bonds. The van der Waals surface area contributed by atoms with Gasteiger partial charge < -0.3 is 4.74 Å². The summed E-state index contributed by atoms with van der Waals surface area (Å²) >= 11 is 0. The van der Waals surface area contributed by atoms with E-state index >= 15 is 0 Å². The van der Waals surface area contributed by atoms with Crippen LogP contribution in [0.4, 0.5) is 0 Å². The Kier molecular flexibility index (Phi) is 2.90. The van der Waals surface area contributed by atoms with Gasteiger partial charge in [-0.05, 0) is 41.0 Å². The first-order valence-electron chi connectivity index (χ1n) is 6.77. The van der Waals surface area contributed by atoms with Gasteiger partial charge in [-0.3, -0.25) is 0 Å². The molecule has 0 N–H and O–H groups in total. The van der Waals surface area contributed by atoms with Gasteiger partial charge in [-0.1, -0.05) is 43.3 Å². The van der Waals surface area contributed by atoms with Crippen molar-refractivity contribution in [2.45, 2.75) is 20.3 Å². The van der Waals surface area contributed by atoms with Crippen LogP contribution in [0.5, 0.6) is 5.75 Å². The van der Waals surface area contributed by atoms with Crippen molar-refractivity contribution < 1.29 is 4.74 Å². The van der Waals surface area contributed by atoms with Crippen molar-refractivity contribution in [3.05, 3.63) is 47.2 Å². The van der Waals surface area contributed by atoms with Crippen molar-refractivity contribution in [2.75, 3.05) is 7.11 Å². The molecule has 0 saturated carbocycles. The van der Waals surface area contributed by atoms with Gasteiger partial charge in [-0.25, -0.2) is 0 Å². The smallest absolute Gasteiger partial charge is 0.126 e. The van der Waals surface area contributed by atoms with Gasteiger partial charge in [0.1, 0.15) is 5.75 Å². The number of benzene rings is 3. The number of methoxy groups -OCH3 is 1. The van der Waals surface area contributed by atoms with E-state index in [0.29, 0.717) is 0 Å². The average molecular weight is 250 g/mol. The quantitative estimate of drug-likeness (QED) is 0.666. The van der Waals surface area contributed by atoms with E-state index in [2.05, 4.69) is 56.3 Å². The fourth-order valence-electron chi connectivity index (χ4n) is 2.93. The molecule has 3 aromatic carbocycles. The molecule has 0 aliphatic heterocycles. The van der Waals surface area contributed by atoms with E-state index in [9.17, 15) is 0 Å². The zero-order valence-corrected chi connectivity index (χ0v) is 11.7. The third kappa shape index (κ3) is 1.69. The lowest BCUT2D eigenvalue weighted by atomic mass is 9.93. The fraction of sp³-hybridized carbons (Fsp3) is 0.222. The molecular formula is C18H18O. The molecule has 96 valence electrons. The average Bonchev–Trinajstić information content (AvgIpc) is 2.48. The van der Waals surface area contributed by atoms with Crippen molar-refractivity contribution in [1.29, 1.82) is 0 Å². The molecule has 0 heterocycles. The summed E-state index contributed by atoms with van der Waals surface area (Å²) in [7, 11) is 1.74. The first-order chi connectivity index (χ1) is 9.30. The maximum atomic E-state index is 5.50. The van der Waals surface area contributed by atoms with Gasteiger partial charge in [0.2, 0.25) is 0 Å². The number of hydrogen-bond donors (Lipinski definition) is 0. The van der Waals surface area contributed by atoms with Gasteiger partial charge in [-0.2, -0.15) is 0 Å². The molecule has 0 spiro atoms. The summed E-state index contributed by atoms with van der Waals surface area (Å²) in [5.41, 5.74) is 1.40. The SMILES string of the molecule is C/C=c1\ccc2c(OC)ccc3ccc(CC)c1c32. The fourth-order valence-corrected chi connectivity index (χ4v) is 2.93. The van der Waals surface area contributed by atoms with Crippen LogP contribution in [0, 0.1) is 0 Å². The van der Waals surface area contributed by atoms with E-state index in [1.54, 1.807) is 7.11 Å². The Labute approximate surface area is 113 Å². The predicted molar refractivity (Wildman–Crippen MR) is 82.7 cm³/mol. The summed E-state index contributed by atoms with van der Waals surface area (Å²) in [6, 6.07) is 13.0. The summed E-state index contributed by atoms with van der Waals surface area (Å²) in [6.07, 6.45) is 3.24. The highest BCUT2D eigenvalue weighted by molar-refractivity contribution is 6.13. The first kappa shape index (κ1) is 12.0. The van der Waals surface area contributed by atoms with Crippen LogP contribution >= 0.6 is 0 Å². The van der Waals surface area contributed by atoms with E-state index in [1.165, 1.54) is 32.3 Å². The van der Waals surface area contributed by atoms with Crippen LogP contribution in [0.15, 0.2) is 36.4 Å². The van der Waals surface area contributed by atoms with Crippen LogP contribution in [0.1, 0.15) is 19.4 Å². The lowest BCUT2D eigenvalue weighted by Crippen LogP contribution is -2.05. The molecule has 0 fully saturated rings. The molecule has 0 aliphatic carbocycles. The van der Waals surface area contributed by atoms with Crippen LogP contribution in [0.2, 0.25) is 0 Å². The zero-order valence-electron chi connectivity index (χ0n) is 11.7. The molecule has 3 aromatic rings. The third-order valence-electron chi connectivity index (χ3n) is 3.90. The Balaban J connectivity index is 2.64. The number of rotatable bonds is 2. The Morgan fingerprint density at radius 3 is 2.47 bits per heavy atom. The molecule has 0 bridgehead atoms. The Morgan fingerprint density at radius 2 is 1.79 bits per heavy atom. The molecule has 0 aromatic heterocycles. The summed E-state index contributed by atoms with van der Waals surface area (Å²) in [5, 5.41) is 6.50. The molecule has 0 radical (unpaired) electrons. The molecule has 1 nitrogen and oxygen atoms in total.